The van der Waals surface area contributed by atoms with E-state index in [-0.39, 0.29) is 18.3 Å². The van der Waals surface area contributed by atoms with Gasteiger partial charge in [0.1, 0.15) is 17.5 Å². The van der Waals surface area contributed by atoms with E-state index in [9.17, 15) is 4.79 Å². The van der Waals surface area contributed by atoms with E-state index in [2.05, 4.69) is 53.1 Å². The fourth-order valence-corrected chi connectivity index (χ4v) is 5.21. The number of carbonyl (C=O) groups excluding carboxylic acids is 1. The quantitative estimate of drug-likeness (QED) is 0.642. The van der Waals surface area contributed by atoms with Crippen LogP contribution in [-0.2, 0) is 22.4 Å². The summed E-state index contributed by atoms with van der Waals surface area (Å²) in [6, 6.07) is 8.66. The molecule has 7 heteroatoms. The van der Waals surface area contributed by atoms with Gasteiger partial charge >= 0.3 is 6.09 Å². The molecule has 1 atom stereocenters. The topological polar surface area (TPSA) is 59.8 Å². The van der Waals surface area contributed by atoms with Crippen molar-refractivity contribution >= 4 is 11.7 Å². The van der Waals surface area contributed by atoms with E-state index >= 15 is 0 Å². The molecule has 3 aliphatic rings. The monoisotopic (exact) mass is 478 g/mol. The number of ether oxygens (including phenoxy) is 2. The van der Waals surface area contributed by atoms with E-state index in [4.69, 9.17) is 14.5 Å². The van der Waals surface area contributed by atoms with E-state index in [1.807, 2.05) is 20.8 Å². The van der Waals surface area contributed by atoms with Crippen molar-refractivity contribution in [3.8, 4) is 0 Å². The first kappa shape index (κ1) is 24.1. The summed E-state index contributed by atoms with van der Waals surface area (Å²) in [4.78, 5) is 21.7. The fraction of sp³-hybridized carbons (Fsp3) is 0.571. The first-order valence-corrected chi connectivity index (χ1v) is 12.9. The van der Waals surface area contributed by atoms with Crippen LogP contribution >= 0.6 is 0 Å². The number of fused-ring (bicyclic) bond motifs is 2. The molecule has 0 N–H and O–H groups in total. The molecule has 3 aliphatic heterocycles. The molecule has 4 heterocycles. The second-order valence-corrected chi connectivity index (χ2v) is 11.1. The van der Waals surface area contributed by atoms with Crippen LogP contribution in [0.2, 0.25) is 0 Å². The van der Waals surface area contributed by atoms with Crippen molar-refractivity contribution in [3.63, 3.8) is 0 Å². The molecule has 0 spiro atoms. The van der Waals surface area contributed by atoms with Crippen molar-refractivity contribution in [1.82, 2.24) is 19.4 Å². The highest BCUT2D eigenvalue weighted by atomic mass is 16.6. The van der Waals surface area contributed by atoms with Crippen LogP contribution in [0.15, 0.2) is 36.5 Å². The van der Waals surface area contributed by atoms with Gasteiger partial charge in [0.25, 0.3) is 0 Å². The normalized spacial score (nSPS) is 21.7. The number of imidazole rings is 1. The Morgan fingerprint density at radius 3 is 2.54 bits per heavy atom. The average molecular weight is 479 g/mol. The number of nitrogens with zero attached hydrogens (tertiary/aromatic N) is 4. The molecule has 1 amide bonds. The highest BCUT2D eigenvalue weighted by molar-refractivity contribution is 5.71. The molecule has 1 aromatic carbocycles. The van der Waals surface area contributed by atoms with Crippen LogP contribution in [0.1, 0.15) is 68.8 Å². The molecule has 7 nitrogen and oxygen atoms in total. The molecule has 5 rings (SSSR count). The second kappa shape index (κ2) is 9.78. The van der Waals surface area contributed by atoms with Gasteiger partial charge in [-0.1, -0.05) is 30.3 Å². The maximum absolute atomic E-state index is 12.5. The van der Waals surface area contributed by atoms with Crippen LogP contribution in [0.25, 0.3) is 5.57 Å². The smallest absolute Gasteiger partial charge is 0.410 e. The van der Waals surface area contributed by atoms with Crippen LogP contribution in [-0.4, -0.2) is 70.4 Å². The number of aromatic nitrogens is 2. The number of likely N-dealkylation sites (tertiary alicyclic amines) is 1. The summed E-state index contributed by atoms with van der Waals surface area (Å²) in [7, 11) is 2.18. The SMILES string of the molecule is CN1CCC(OC2c3ccccc3CCn3cc(C4=CCN(C(=O)OC(C)(C)C)CC4)nc32)CC1. The zero-order valence-corrected chi connectivity index (χ0v) is 21.5. The first-order valence-electron chi connectivity index (χ1n) is 12.9. The Morgan fingerprint density at radius 2 is 1.83 bits per heavy atom. The fourth-order valence-electron chi connectivity index (χ4n) is 5.21. The van der Waals surface area contributed by atoms with Gasteiger partial charge in [-0.25, -0.2) is 9.78 Å². The lowest BCUT2D eigenvalue weighted by Gasteiger charge is -2.32. The van der Waals surface area contributed by atoms with Crippen molar-refractivity contribution in [1.29, 1.82) is 0 Å². The minimum Gasteiger partial charge on any atom is -0.444 e. The van der Waals surface area contributed by atoms with Crippen LogP contribution < -0.4 is 0 Å². The van der Waals surface area contributed by atoms with Crippen LogP contribution in [0.5, 0.6) is 0 Å². The Labute approximate surface area is 208 Å². The van der Waals surface area contributed by atoms with E-state index in [0.29, 0.717) is 13.1 Å². The minimum absolute atomic E-state index is 0.154. The summed E-state index contributed by atoms with van der Waals surface area (Å²) in [6.07, 6.45) is 7.98. The zero-order valence-electron chi connectivity index (χ0n) is 21.5. The molecule has 1 fully saturated rings. The Morgan fingerprint density at radius 1 is 1.06 bits per heavy atom. The lowest BCUT2D eigenvalue weighted by Crippen LogP contribution is -2.39. The van der Waals surface area contributed by atoms with Gasteiger partial charge in [-0.15, -0.1) is 0 Å². The number of hydrogen-bond acceptors (Lipinski definition) is 5. The van der Waals surface area contributed by atoms with E-state index in [1.54, 1.807) is 4.90 Å². The van der Waals surface area contributed by atoms with Crippen LogP contribution in [0.4, 0.5) is 4.79 Å². The summed E-state index contributed by atoms with van der Waals surface area (Å²) in [5.41, 5.74) is 4.30. The molecule has 0 aliphatic carbocycles. The van der Waals surface area contributed by atoms with E-state index in [0.717, 1.165) is 56.8 Å². The Bertz CT molecular complexity index is 1090. The number of amides is 1. The highest BCUT2D eigenvalue weighted by Gasteiger charge is 2.31. The zero-order chi connectivity index (χ0) is 24.6. The third-order valence-electron chi connectivity index (χ3n) is 7.19. The number of hydrogen-bond donors (Lipinski definition) is 0. The number of piperidine rings is 1. The van der Waals surface area contributed by atoms with Gasteiger partial charge in [-0.3, -0.25) is 0 Å². The van der Waals surface area contributed by atoms with E-state index < -0.39 is 5.60 Å². The van der Waals surface area contributed by atoms with Crippen molar-refractivity contribution in [3.05, 3.63) is 59.2 Å². The lowest BCUT2D eigenvalue weighted by molar-refractivity contribution is -0.0276. The summed E-state index contributed by atoms with van der Waals surface area (Å²) in [6.45, 7) is 9.92. The van der Waals surface area contributed by atoms with Gasteiger partial charge in [-0.05, 0) is 70.2 Å². The van der Waals surface area contributed by atoms with Crippen molar-refractivity contribution in [2.24, 2.45) is 0 Å². The molecule has 1 aromatic heterocycles. The van der Waals surface area contributed by atoms with Crippen molar-refractivity contribution in [2.75, 3.05) is 33.2 Å². The molecule has 188 valence electrons. The number of rotatable bonds is 3. The largest absolute Gasteiger partial charge is 0.444 e. The number of benzene rings is 1. The van der Waals surface area contributed by atoms with Gasteiger partial charge in [0.05, 0.1) is 11.8 Å². The standard InChI is InChI=1S/C28H38N4O3/c1-28(2,3)35-27(33)31-16-10-21(11-17-31)24-19-32-18-9-20-7-5-6-8-23(20)25(26(32)29-24)34-22-12-14-30(4)15-13-22/h5-8,10,19,22,25H,9,11-18H2,1-4H3. The van der Waals surface area contributed by atoms with Crippen LogP contribution in [0, 0.1) is 0 Å². The summed E-state index contributed by atoms with van der Waals surface area (Å²) in [5.74, 6) is 0.999. The van der Waals surface area contributed by atoms with Gasteiger partial charge in [0.15, 0.2) is 0 Å². The molecule has 0 bridgehead atoms. The Kier molecular flexibility index (Phi) is 6.73. The molecule has 35 heavy (non-hydrogen) atoms. The molecule has 1 saturated heterocycles. The molecule has 0 radical (unpaired) electrons. The summed E-state index contributed by atoms with van der Waals surface area (Å²) >= 11 is 0. The average Bonchev–Trinajstić information content (AvgIpc) is 3.20. The molecular formula is C28H38N4O3. The van der Waals surface area contributed by atoms with Gasteiger partial charge in [0.2, 0.25) is 0 Å². The third kappa shape index (κ3) is 5.46. The van der Waals surface area contributed by atoms with E-state index in [1.165, 1.54) is 16.7 Å². The maximum atomic E-state index is 12.5. The number of aryl methyl sites for hydroxylation is 2. The Hall–Kier alpha value is -2.64. The molecule has 1 unspecified atom stereocenters. The first-order chi connectivity index (χ1) is 16.8. The van der Waals surface area contributed by atoms with Crippen molar-refractivity contribution in [2.45, 2.75) is 70.8 Å². The maximum Gasteiger partial charge on any atom is 0.410 e. The predicted octanol–water partition coefficient (Wildman–Crippen LogP) is 4.66. The predicted molar refractivity (Wildman–Crippen MR) is 136 cm³/mol. The van der Waals surface area contributed by atoms with Gasteiger partial charge in [0, 0.05) is 38.9 Å². The summed E-state index contributed by atoms with van der Waals surface area (Å²) < 4.78 is 14.6. The molecule has 0 saturated carbocycles. The van der Waals surface area contributed by atoms with Gasteiger partial charge in [-0.2, -0.15) is 0 Å². The van der Waals surface area contributed by atoms with Crippen molar-refractivity contribution < 1.29 is 14.3 Å². The van der Waals surface area contributed by atoms with Crippen LogP contribution in [0.3, 0.4) is 0 Å². The third-order valence-corrected chi connectivity index (χ3v) is 7.19. The second-order valence-electron chi connectivity index (χ2n) is 11.1. The number of carbonyl (C=O) groups is 1. The minimum atomic E-state index is -0.485. The molecule has 2 aromatic rings. The Balaban J connectivity index is 1.38. The molecular weight excluding hydrogens is 440 g/mol. The summed E-state index contributed by atoms with van der Waals surface area (Å²) in [5, 5.41) is 0. The van der Waals surface area contributed by atoms with Gasteiger partial charge < -0.3 is 23.8 Å². The lowest BCUT2D eigenvalue weighted by atomic mass is 9.99. The highest BCUT2D eigenvalue weighted by Crippen LogP contribution is 2.36.